The van der Waals surface area contributed by atoms with E-state index >= 15 is 0 Å². The summed E-state index contributed by atoms with van der Waals surface area (Å²) in [5.41, 5.74) is 2.63. The first-order valence-electron chi connectivity index (χ1n) is 6.33. The van der Waals surface area contributed by atoms with Gasteiger partial charge in [-0.05, 0) is 46.5 Å². The standard InChI is InChI=1S/C14H16BrN3/c15-13-9-16-18(11-13)10-12-3-5-14(6-4-12)17-7-1-2-8-17/h3-6,9,11H,1-2,7-8,10H2. The maximum absolute atomic E-state index is 4.27. The van der Waals surface area contributed by atoms with E-state index in [1.165, 1.54) is 37.2 Å². The summed E-state index contributed by atoms with van der Waals surface area (Å²) in [6.07, 6.45) is 6.46. The number of halogens is 1. The van der Waals surface area contributed by atoms with E-state index in [2.05, 4.69) is 50.2 Å². The first kappa shape index (κ1) is 11.8. The smallest absolute Gasteiger partial charge is 0.0659 e. The molecule has 3 nitrogen and oxygen atoms in total. The number of nitrogens with zero attached hydrogens (tertiary/aromatic N) is 3. The van der Waals surface area contributed by atoms with Crippen LogP contribution in [0.25, 0.3) is 0 Å². The molecule has 0 unspecified atom stereocenters. The highest BCUT2D eigenvalue weighted by molar-refractivity contribution is 9.10. The van der Waals surface area contributed by atoms with Crippen LogP contribution < -0.4 is 4.90 Å². The molecule has 1 aromatic heterocycles. The van der Waals surface area contributed by atoms with Crippen LogP contribution in [-0.4, -0.2) is 22.9 Å². The second kappa shape index (κ2) is 5.14. The van der Waals surface area contributed by atoms with Gasteiger partial charge in [0.1, 0.15) is 0 Å². The molecule has 0 amide bonds. The minimum Gasteiger partial charge on any atom is -0.372 e. The lowest BCUT2D eigenvalue weighted by molar-refractivity contribution is 0.686. The van der Waals surface area contributed by atoms with E-state index in [0.29, 0.717) is 0 Å². The van der Waals surface area contributed by atoms with E-state index in [1.807, 2.05) is 17.1 Å². The molecule has 0 radical (unpaired) electrons. The van der Waals surface area contributed by atoms with Crippen LogP contribution in [0.3, 0.4) is 0 Å². The maximum Gasteiger partial charge on any atom is 0.0659 e. The largest absolute Gasteiger partial charge is 0.372 e. The van der Waals surface area contributed by atoms with E-state index in [-0.39, 0.29) is 0 Å². The van der Waals surface area contributed by atoms with Crippen molar-refractivity contribution in [2.75, 3.05) is 18.0 Å². The monoisotopic (exact) mass is 305 g/mol. The molecule has 0 N–H and O–H groups in total. The van der Waals surface area contributed by atoms with Gasteiger partial charge in [0, 0.05) is 25.0 Å². The molecule has 94 valence electrons. The van der Waals surface area contributed by atoms with Crippen LogP contribution in [0.15, 0.2) is 41.1 Å². The number of hydrogen-bond donors (Lipinski definition) is 0. The van der Waals surface area contributed by atoms with Crippen molar-refractivity contribution in [2.24, 2.45) is 0 Å². The zero-order valence-corrected chi connectivity index (χ0v) is 11.8. The molecule has 4 heteroatoms. The molecule has 0 spiro atoms. The fourth-order valence-electron chi connectivity index (χ4n) is 2.40. The lowest BCUT2D eigenvalue weighted by Gasteiger charge is -2.17. The highest BCUT2D eigenvalue weighted by Gasteiger charge is 2.11. The lowest BCUT2D eigenvalue weighted by atomic mass is 10.2. The highest BCUT2D eigenvalue weighted by atomic mass is 79.9. The Morgan fingerprint density at radius 3 is 2.44 bits per heavy atom. The quantitative estimate of drug-likeness (QED) is 0.867. The summed E-state index contributed by atoms with van der Waals surface area (Å²) < 4.78 is 2.96. The van der Waals surface area contributed by atoms with Crippen molar-refractivity contribution in [3.63, 3.8) is 0 Å². The Labute approximate surface area is 116 Å². The average molecular weight is 306 g/mol. The van der Waals surface area contributed by atoms with Gasteiger partial charge in [-0.25, -0.2) is 0 Å². The van der Waals surface area contributed by atoms with E-state index in [9.17, 15) is 0 Å². The first-order chi connectivity index (χ1) is 8.81. The Hall–Kier alpha value is -1.29. The van der Waals surface area contributed by atoms with Gasteiger partial charge >= 0.3 is 0 Å². The Morgan fingerprint density at radius 1 is 1.11 bits per heavy atom. The van der Waals surface area contributed by atoms with Gasteiger partial charge in [0.15, 0.2) is 0 Å². The molecule has 0 atom stereocenters. The van der Waals surface area contributed by atoms with Crippen LogP contribution in [0.1, 0.15) is 18.4 Å². The van der Waals surface area contributed by atoms with Crippen LogP contribution in [-0.2, 0) is 6.54 Å². The van der Waals surface area contributed by atoms with Crippen molar-refractivity contribution >= 4 is 21.6 Å². The van der Waals surface area contributed by atoms with Crippen LogP contribution in [0.5, 0.6) is 0 Å². The van der Waals surface area contributed by atoms with Crippen molar-refractivity contribution in [3.8, 4) is 0 Å². The summed E-state index contributed by atoms with van der Waals surface area (Å²) in [6, 6.07) is 8.84. The second-order valence-electron chi connectivity index (χ2n) is 4.72. The van der Waals surface area contributed by atoms with Crippen molar-refractivity contribution in [1.82, 2.24) is 9.78 Å². The summed E-state index contributed by atoms with van der Waals surface area (Å²) in [5.74, 6) is 0. The fourth-order valence-corrected chi connectivity index (χ4v) is 2.73. The minimum absolute atomic E-state index is 0.825. The molecule has 18 heavy (non-hydrogen) atoms. The third-order valence-corrected chi connectivity index (χ3v) is 3.76. The number of aromatic nitrogens is 2. The van der Waals surface area contributed by atoms with Crippen molar-refractivity contribution in [2.45, 2.75) is 19.4 Å². The van der Waals surface area contributed by atoms with Crippen LogP contribution in [0.4, 0.5) is 5.69 Å². The fraction of sp³-hybridized carbons (Fsp3) is 0.357. The number of rotatable bonds is 3. The topological polar surface area (TPSA) is 21.1 Å². The molecule has 0 aliphatic carbocycles. The Kier molecular flexibility index (Phi) is 3.37. The van der Waals surface area contributed by atoms with E-state index < -0.39 is 0 Å². The minimum atomic E-state index is 0.825. The highest BCUT2D eigenvalue weighted by Crippen LogP contribution is 2.20. The molecule has 1 aromatic carbocycles. The van der Waals surface area contributed by atoms with Crippen molar-refractivity contribution < 1.29 is 0 Å². The summed E-state index contributed by atoms with van der Waals surface area (Å²) in [4.78, 5) is 2.45. The molecule has 2 heterocycles. The van der Waals surface area contributed by atoms with Gasteiger partial charge in [0.2, 0.25) is 0 Å². The maximum atomic E-state index is 4.27. The zero-order valence-electron chi connectivity index (χ0n) is 10.2. The van der Waals surface area contributed by atoms with Gasteiger partial charge in [-0.1, -0.05) is 12.1 Å². The molecule has 3 rings (SSSR count). The van der Waals surface area contributed by atoms with E-state index in [4.69, 9.17) is 0 Å². The van der Waals surface area contributed by atoms with Crippen molar-refractivity contribution in [3.05, 3.63) is 46.7 Å². The Bertz CT molecular complexity index is 512. The normalized spacial score (nSPS) is 15.3. The Morgan fingerprint density at radius 2 is 1.83 bits per heavy atom. The summed E-state index contributed by atoms with van der Waals surface area (Å²) in [5, 5.41) is 4.27. The summed E-state index contributed by atoms with van der Waals surface area (Å²) in [7, 11) is 0. The molecular weight excluding hydrogens is 290 g/mol. The molecule has 1 aliphatic rings. The van der Waals surface area contributed by atoms with Gasteiger partial charge in [0.05, 0.1) is 17.2 Å². The first-order valence-corrected chi connectivity index (χ1v) is 7.12. The van der Waals surface area contributed by atoms with Crippen molar-refractivity contribution in [1.29, 1.82) is 0 Å². The molecule has 1 fully saturated rings. The molecule has 1 aliphatic heterocycles. The van der Waals surface area contributed by atoms with Crippen LogP contribution >= 0.6 is 15.9 Å². The van der Waals surface area contributed by atoms with Gasteiger partial charge in [-0.15, -0.1) is 0 Å². The lowest BCUT2D eigenvalue weighted by Crippen LogP contribution is -2.17. The summed E-state index contributed by atoms with van der Waals surface area (Å²) in [6.45, 7) is 3.22. The second-order valence-corrected chi connectivity index (χ2v) is 5.63. The van der Waals surface area contributed by atoms with Gasteiger partial charge in [-0.3, -0.25) is 4.68 Å². The van der Waals surface area contributed by atoms with Crippen LogP contribution in [0, 0.1) is 0 Å². The third kappa shape index (κ3) is 2.58. The van der Waals surface area contributed by atoms with E-state index in [1.54, 1.807) is 0 Å². The van der Waals surface area contributed by atoms with E-state index in [0.717, 1.165) is 11.0 Å². The zero-order chi connectivity index (χ0) is 12.4. The Balaban J connectivity index is 1.70. The van der Waals surface area contributed by atoms with Crippen LogP contribution in [0.2, 0.25) is 0 Å². The number of hydrogen-bond acceptors (Lipinski definition) is 2. The SMILES string of the molecule is Brc1cnn(Cc2ccc(N3CCCC3)cc2)c1. The average Bonchev–Trinajstić information content (AvgIpc) is 3.02. The third-order valence-electron chi connectivity index (χ3n) is 3.35. The summed E-state index contributed by atoms with van der Waals surface area (Å²) >= 11 is 3.41. The predicted molar refractivity (Wildman–Crippen MR) is 76.9 cm³/mol. The number of anilines is 1. The molecule has 0 bridgehead atoms. The van der Waals surface area contributed by atoms with Gasteiger partial charge in [0.25, 0.3) is 0 Å². The predicted octanol–water partition coefficient (Wildman–Crippen LogP) is 3.29. The number of benzene rings is 1. The molecular formula is C14H16BrN3. The molecule has 1 saturated heterocycles. The molecule has 2 aromatic rings. The van der Waals surface area contributed by atoms with Gasteiger partial charge in [-0.2, -0.15) is 5.10 Å². The molecule has 0 saturated carbocycles. The van der Waals surface area contributed by atoms with Gasteiger partial charge < -0.3 is 4.90 Å².